The van der Waals surface area contributed by atoms with Gasteiger partial charge in [0.2, 0.25) is 0 Å². The van der Waals surface area contributed by atoms with Crippen LogP contribution in [0.4, 0.5) is 11.4 Å². The fraction of sp³-hybridized carbons (Fsp3) is 0.455. The maximum absolute atomic E-state index is 9.65. The average Bonchev–Trinajstić information content (AvgIpc) is 2.68. The van der Waals surface area contributed by atoms with E-state index in [0.717, 1.165) is 18.8 Å². The largest absolute Gasteiger partial charge is 0.399 e. The average molecular weight is 242 g/mol. The maximum Gasteiger partial charge on any atom is 0.0621 e. The van der Waals surface area contributed by atoms with Gasteiger partial charge < -0.3 is 10.6 Å². The predicted octanol–water partition coefficient (Wildman–Crippen LogP) is 2.61. The highest BCUT2D eigenvalue weighted by atomic mass is 32.3. The smallest absolute Gasteiger partial charge is 0.0621 e. The number of nitrogen functional groups attached to an aromatic ring is 1. The van der Waals surface area contributed by atoms with Gasteiger partial charge in [-0.3, -0.25) is 9.11 Å². The Labute approximate surface area is 97.4 Å². The minimum atomic E-state index is -2.68. The summed E-state index contributed by atoms with van der Waals surface area (Å²) in [5.41, 5.74) is 7.37. The van der Waals surface area contributed by atoms with E-state index in [2.05, 4.69) is 4.90 Å². The van der Waals surface area contributed by atoms with E-state index in [0.29, 0.717) is 10.6 Å². The molecule has 16 heavy (non-hydrogen) atoms. The molecule has 0 atom stereocenters. The molecule has 0 spiro atoms. The van der Waals surface area contributed by atoms with Crippen molar-refractivity contribution in [2.75, 3.05) is 30.0 Å². The van der Waals surface area contributed by atoms with Crippen molar-refractivity contribution in [2.24, 2.45) is 0 Å². The summed E-state index contributed by atoms with van der Waals surface area (Å²) in [4.78, 5) is 2.75. The first kappa shape index (κ1) is 11.6. The fourth-order valence-electron chi connectivity index (χ4n) is 1.99. The Hall–Kier alpha value is -0.910. The molecule has 1 aliphatic heterocycles. The van der Waals surface area contributed by atoms with E-state index in [4.69, 9.17) is 5.73 Å². The van der Waals surface area contributed by atoms with Crippen molar-refractivity contribution in [1.29, 1.82) is 0 Å². The minimum Gasteiger partial charge on any atom is -0.399 e. The van der Waals surface area contributed by atoms with Gasteiger partial charge in [-0.1, -0.05) is 0 Å². The number of nitrogens with two attached hydrogens (primary N) is 1. The van der Waals surface area contributed by atoms with Crippen LogP contribution in [0.15, 0.2) is 23.1 Å². The molecular weight excluding hydrogens is 224 g/mol. The zero-order valence-electron chi connectivity index (χ0n) is 9.39. The highest BCUT2D eigenvalue weighted by Crippen LogP contribution is 2.46. The van der Waals surface area contributed by atoms with Crippen LogP contribution in [0, 0.1) is 0 Å². The Bertz CT molecular complexity index is 384. The van der Waals surface area contributed by atoms with Crippen LogP contribution in [0.3, 0.4) is 0 Å². The van der Waals surface area contributed by atoms with Gasteiger partial charge in [0.25, 0.3) is 0 Å². The van der Waals surface area contributed by atoms with E-state index in [1.807, 2.05) is 12.1 Å². The van der Waals surface area contributed by atoms with Gasteiger partial charge in [-0.15, -0.1) is 0 Å². The maximum atomic E-state index is 9.65. The highest BCUT2D eigenvalue weighted by Gasteiger charge is 2.16. The normalized spacial score (nSPS) is 17.8. The third kappa shape index (κ3) is 2.42. The standard InChI is InChI=1S/C11H18N2O2S/c1-16(14,15)11-7-9(12)6-10(8-11)13-4-2-3-5-13/h6-8,14-15H,2-5,12H2,1H3. The second kappa shape index (κ2) is 4.16. The molecule has 4 N–H and O–H groups in total. The van der Waals surface area contributed by atoms with Gasteiger partial charge in [0, 0.05) is 30.7 Å². The Morgan fingerprint density at radius 3 is 2.38 bits per heavy atom. The zero-order chi connectivity index (χ0) is 11.8. The number of anilines is 2. The molecule has 0 aliphatic carbocycles. The first-order chi connectivity index (χ1) is 7.47. The fourth-order valence-corrected chi connectivity index (χ4v) is 2.69. The molecule has 90 valence electrons. The molecule has 0 unspecified atom stereocenters. The van der Waals surface area contributed by atoms with E-state index in [-0.39, 0.29) is 0 Å². The molecule has 0 amide bonds. The van der Waals surface area contributed by atoms with E-state index < -0.39 is 10.6 Å². The molecule has 2 rings (SSSR count). The summed E-state index contributed by atoms with van der Waals surface area (Å²) in [5.74, 6) is 0. The van der Waals surface area contributed by atoms with Crippen LogP contribution in [0.1, 0.15) is 12.8 Å². The summed E-state index contributed by atoms with van der Waals surface area (Å²) in [5, 5.41) is 0. The number of benzene rings is 1. The first-order valence-electron chi connectivity index (χ1n) is 5.35. The molecule has 1 aromatic rings. The quantitative estimate of drug-likeness (QED) is 0.697. The van der Waals surface area contributed by atoms with Crippen LogP contribution in [0.2, 0.25) is 0 Å². The lowest BCUT2D eigenvalue weighted by atomic mass is 10.2. The zero-order valence-corrected chi connectivity index (χ0v) is 10.2. The molecular formula is C11H18N2O2S. The van der Waals surface area contributed by atoms with E-state index in [1.165, 1.54) is 19.1 Å². The second-order valence-electron chi connectivity index (χ2n) is 4.29. The third-order valence-electron chi connectivity index (χ3n) is 2.83. The molecule has 1 aromatic carbocycles. The lowest BCUT2D eigenvalue weighted by molar-refractivity contribution is 0.495. The molecule has 0 aromatic heterocycles. The van der Waals surface area contributed by atoms with E-state index in [9.17, 15) is 9.11 Å². The molecule has 4 nitrogen and oxygen atoms in total. The number of nitrogens with zero attached hydrogens (tertiary/aromatic N) is 1. The molecule has 1 aliphatic rings. The van der Waals surface area contributed by atoms with Crippen molar-refractivity contribution >= 4 is 22.0 Å². The van der Waals surface area contributed by atoms with Crippen LogP contribution in [0.25, 0.3) is 0 Å². The summed E-state index contributed by atoms with van der Waals surface area (Å²) in [6, 6.07) is 5.35. The lowest BCUT2D eigenvalue weighted by Gasteiger charge is -2.29. The SMILES string of the molecule is CS(O)(O)c1cc(N)cc(N2CCCC2)c1. The molecule has 5 heteroatoms. The van der Waals surface area contributed by atoms with Crippen molar-refractivity contribution < 1.29 is 9.11 Å². The Morgan fingerprint density at radius 2 is 1.81 bits per heavy atom. The van der Waals surface area contributed by atoms with Crippen molar-refractivity contribution in [2.45, 2.75) is 17.7 Å². The van der Waals surface area contributed by atoms with Crippen LogP contribution >= 0.6 is 10.6 Å². The van der Waals surface area contributed by atoms with Crippen LogP contribution in [-0.2, 0) is 0 Å². The second-order valence-corrected chi connectivity index (χ2v) is 6.43. The number of rotatable bonds is 2. The Morgan fingerprint density at radius 1 is 1.19 bits per heavy atom. The molecule has 1 fully saturated rings. The molecule has 0 bridgehead atoms. The van der Waals surface area contributed by atoms with Crippen molar-refractivity contribution in [1.82, 2.24) is 0 Å². The van der Waals surface area contributed by atoms with Gasteiger partial charge in [0.15, 0.2) is 0 Å². The molecule has 1 saturated heterocycles. The van der Waals surface area contributed by atoms with Gasteiger partial charge in [0.1, 0.15) is 0 Å². The van der Waals surface area contributed by atoms with Gasteiger partial charge >= 0.3 is 0 Å². The minimum absolute atomic E-state index is 0.523. The van der Waals surface area contributed by atoms with Crippen LogP contribution in [-0.4, -0.2) is 28.5 Å². The summed E-state index contributed by atoms with van der Waals surface area (Å²) >= 11 is 0. The number of hydrogen-bond donors (Lipinski definition) is 3. The molecule has 0 radical (unpaired) electrons. The third-order valence-corrected chi connectivity index (χ3v) is 3.96. The topological polar surface area (TPSA) is 69.7 Å². The van der Waals surface area contributed by atoms with Crippen molar-refractivity contribution in [3.05, 3.63) is 18.2 Å². The Balaban J connectivity index is 2.35. The number of hydrogen-bond acceptors (Lipinski definition) is 4. The summed E-state index contributed by atoms with van der Waals surface area (Å²) in [6.07, 6.45) is 3.80. The van der Waals surface area contributed by atoms with E-state index >= 15 is 0 Å². The summed E-state index contributed by atoms with van der Waals surface area (Å²) < 4.78 is 19.3. The van der Waals surface area contributed by atoms with Crippen LogP contribution in [0.5, 0.6) is 0 Å². The van der Waals surface area contributed by atoms with Crippen molar-refractivity contribution in [3.63, 3.8) is 0 Å². The summed E-state index contributed by atoms with van der Waals surface area (Å²) in [6.45, 7) is 2.04. The summed E-state index contributed by atoms with van der Waals surface area (Å²) in [7, 11) is -2.68. The molecule has 0 saturated carbocycles. The highest BCUT2D eigenvalue weighted by molar-refractivity contribution is 8.23. The lowest BCUT2D eigenvalue weighted by Crippen LogP contribution is -2.18. The predicted molar refractivity (Wildman–Crippen MR) is 69.3 cm³/mol. The monoisotopic (exact) mass is 242 g/mol. The Kier molecular flexibility index (Phi) is 3.01. The van der Waals surface area contributed by atoms with Gasteiger partial charge in [-0.05, 0) is 31.0 Å². The van der Waals surface area contributed by atoms with Gasteiger partial charge in [0.05, 0.1) is 4.90 Å². The van der Waals surface area contributed by atoms with E-state index in [1.54, 1.807) is 6.07 Å². The van der Waals surface area contributed by atoms with Crippen molar-refractivity contribution in [3.8, 4) is 0 Å². The van der Waals surface area contributed by atoms with Crippen LogP contribution < -0.4 is 10.6 Å². The first-order valence-corrected chi connectivity index (χ1v) is 7.31. The molecule has 1 heterocycles. The van der Waals surface area contributed by atoms with Gasteiger partial charge in [-0.2, -0.15) is 10.6 Å². The van der Waals surface area contributed by atoms with Gasteiger partial charge in [-0.25, -0.2) is 0 Å².